The van der Waals surface area contributed by atoms with Crippen LogP contribution in [0.15, 0.2) is 42.5 Å². The fraction of sp³-hybridized carbons (Fsp3) is 0.263. The van der Waals surface area contributed by atoms with E-state index in [9.17, 15) is 14.6 Å². The third-order valence-electron chi connectivity index (χ3n) is 4.07. The third-order valence-corrected chi connectivity index (χ3v) is 4.07. The van der Waals surface area contributed by atoms with Gasteiger partial charge in [-0.3, -0.25) is 4.79 Å². The van der Waals surface area contributed by atoms with E-state index in [1.807, 2.05) is 39.0 Å². The lowest BCUT2D eigenvalue weighted by atomic mass is 9.78. The van der Waals surface area contributed by atoms with Crippen molar-refractivity contribution < 1.29 is 24.0 Å². The number of aryl methyl sites for hydroxylation is 1. The summed E-state index contributed by atoms with van der Waals surface area (Å²) in [4.78, 5) is 21.2. The Balaban J connectivity index is 0.000000197. The summed E-state index contributed by atoms with van der Waals surface area (Å²) in [7, 11) is 0.464. The first-order chi connectivity index (χ1) is 12.3. The number of nitrogens with one attached hydrogen (secondary N) is 1. The zero-order chi connectivity index (χ0) is 19.3. The number of anilines is 1. The normalized spacial score (nSPS) is 14.0. The lowest BCUT2D eigenvalue weighted by Crippen LogP contribution is -2.28. The van der Waals surface area contributed by atoms with Crippen LogP contribution in [0.3, 0.4) is 0 Å². The summed E-state index contributed by atoms with van der Waals surface area (Å²) in [5.41, 5.74) is 3.58. The molecule has 2 N–H and O–H groups in total. The highest BCUT2D eigenvalue weighted by Crippen LogP contribution is 2.30. The van der Waals surface area contributed by atoms with Gasteiger partial charge in [0.25, 0.3) is 0 Å². The van der Waals surface area contributed by atoms with Crippen molar-refractivity contribution >= 4 is 30.6 Å². The molecule has 2 aromatic rings. The fourth-order valence-corrected chi connectivity index (χ4v) is 2.69. The maximum Gasteiger partial charge on any atom is 0.492 e. The predicted molar refractivity (Wildman–Crippen MR) is 100 cm³/mol. The number of carbonyl (C=O) groups is 2. The molecule has 0 radical (unpaired) electrons. The number of hydrogen-bond acceptors (Lipinski definition) is 5. The molecule has 3 rings (SSSR count). The zero-order valence-corrected chi connectivity index (χ0v) is 15.3. The van der Waals surface area contributed by atoms with Crippen LogP contribution >= 0.6 is 0 Å². The van der Waals surface area contributed by atoms with Gasteiger partial charge in [0.2, 0.25) is 6.41 Å². The molecule has 0 saturated heterocycles. The number of fused-ring (bicyclic) bond motifs is 1. The van der Waals surface area contributed by atoms with Crippen LogP contribution in [0.4, 0.5) is 5.69 Å². The van der Waals surface area contributed by atoms with Gasteiger partial charge in [-0.15, -0.1) is 0 Å². The number of benzene rings is 2. The summed E-state index contributed by atoms with van der Waals surface area (Å²) in [6.45, 7) is 5.77. The van der Waals surface area contributed by atoms with Crippen LogP contribution in [0.1, 0.15) is 35.3 Å². The van der Waals surface area contributed by atoms with Gasteiger partial charge in [-0.25, -0.2) is 4.79 Å². The molecule has 1 heterocycles. The van der Waals surface area contributed by atoms with E-state index in [2.05, 4.69) is 10.1 Å². The van der Waals surface area contributed by atoms with Crippen molar-refractivity contribution in [3.8, 4) is 0 Å². The summed E-state index contributed by atoms with van der Waals surface area (Å²) in [5.74, 6) is -0.287. The Kier molecular flexibility index (Phi) is 6.18. The second-order valence-corrected chi connectivity index (χ2v) is 6.40. The van der Waals surface area contributed by atoms with Gasteiger partial charge >= 0.3 is 13.1 Å². The second-order valence-electron chi connectivity index (χ2n) is 6.40. The van der Waals surface area contributed by atoms with Crippen molar-refractivity contribution in [2.45, 2.75) is 26.4 Å². The van der Waals surface area contributed by atoms with E-state index in [0.717, 1.165) is 11.1 Å². The van der Waals surface area contributed by atoms with E-state index < -0.39 is 12.7 Å². The van der Waals surface area contributed by atoms with Gasteiger partial charge in [-0.1, -0.05) is 23.8 Å². The number of amides is 1. The standard InChI is InChI=1S/C10H12BNO3.C9H10O2/c1-10(2)8-4-3-7(12-6-13)5-9(8)11(14)15-10;1-7-3-5-8(6-4-7)9(10)11-2/h3-6,14H,1-2H3,(H,12,13);3-6H,1-2H3. The average Bonchev–Trinajstić information content (AvgIpc) is 2.84. The predicted octanol–water partition coefficient (Wildman–Crippen LogP) is 1.99. The molecule has 0 unspecified atom stereocenters. The highest BCUT2D eigenvalue weighted by atomic mass is 16.5. The molecule has 136 valence electrons. The molecule has 0 bridgehead atoms. The van der Waals surface area contributed by atoms with Gasteiger partial charge in [0.05, 0.1) is 18.3 Å². The van der Waals surface area contributed by atoms with Crippen LogP contribution in [0.5, 0.6) is 0 Å². The molecular weight excluding hydrogens is 333 g/mol. The topological polar surface area (TPSA) is 84.9 Å². The highest BCUT2D eigenvalue weighted by Gasteiger charge is 2.40. The van der Waals surface area contributed by atoms with Crippen LogP contribution in [0.25, 0.3) is 0 Å². The largest absolute Gasteiger partial charge is 0.492 e. The quantitative estimate of drug-likeness (QED) is 0.500. The van der Waals surface area contributed by atoms with Crippen molar-refractivity contribution in [1.82, 2.24) is 0 Å². The summed E-state index contributed by atoms with van der Waals surface area (Å²) in [6.07, 6.45) is 0.606. The minimum absolute atomic E-state index is 0.287. The van der Waals surface area contributed by atoms with Crippen molar-refractivity contribution in [3.05, 3.63) is 59.2 Å². The number of carbonyl (C=O) groups excluding carboxylic acids is 2. The van der Waals surface area contributed by atoms with E-state index in [4.69, 9.17) is 4.65 Å². The monoisotopic (exact) mass is 355 g/mol. The molecule has 0 spiro atoms. The molecule has 1 amide bonds. The van der Waals surface area contributed by atoms with Crippen LogP contribution in [0.2, 0.25) is 0 Å². The van der Waals surface area contributed by atoms with Crippen molar-refractivity contribution in [2.75, 3.05) is 12.4 Å². The molecule has 0 aromatic heterocycles. The van der Waals surface area contributed by atoms with Gasteiger partial charge in [0, 0.05) is 5.69 Å². The molecular formula is C19H22BNO5. The molecule has 0 saturated carbocycles. The molecule has 0 atom stereocenters. The molecule has 0 fully saturated rings. The number of methoxy groups -OCH3 is 1. The molecule has 1 aliphatic rings. The first kappa shape index (κ1) is 19.7. The van der Waals surface area contributed by atoms with E-state index in [0.29, 0.717) is 23.1 Å². The van der Waals surface area contributed by atoms with Gasteiger partial charge < -0.3 is 19.7 Å². The maximum absolute atomic E-state index is 10.9. The lowest BCUT2D eigenvalue weighted by molar-refractivity contribution is -0.105. The summed E-state index contributed by atoms with van der Waals surface area (Å²) in [6, 6.07) is 12.6. The Morgan fingerprint density at radius 2 is 1.88 bits per heavy atom. The van der Waals surface area contributed by atoms with E-state index >= 15 is 0 Å². The van der Waals surface area contributed by atoms with Crippen LogP contribution in [-0.4, -0.2) is 31.6 Å². The zero-order valence-electron chi connectivity index (χ0n) is 15.3. The highest BCUT2D eigenvalue weighted by molar-refractivity contribution is 6.62. The molecule has 6 nitrogen and oxygen atoms in total. The third kappa shape index (κ3) is 4.50. The maximum atomic E-state index is 10.9. The van der Waals surface area contributed by atoms with Gasteiger partial charge in [0.15, 0.2) is 0 Å². The lowest BCUT2D eigenvalue weighted by Gasteiger charge is -2.19. The van der Waals surface area contributed by atoms with Crippen LogP contribution < -0.4 is 10.8 Å². The molecule has 0 aliphatic carbocycles. The van der Waals surface area contributed by atoms with Gasteiger partial charge in [0.1, 0.15) is 0 Å². The number of hydrogen-bond donors (Lipinski definition) is 2. The van der Waals surface area contributed by atoms with Crippen molar-refractivity contribution in [3.63, 3.8) is 0 Å². The minimum atomic E-state index is -0.914. The SMILES string of the molecule is CC1(C)OB(O)c2cc(NC=O)ccc21.COC(=O)c1ccc(C)cc1. The second kappa shape index (κ2) is 8.16. The van der Waals surface area contributed by atoms with Crippen molar-refractivity contribution in [1.29, 1.82) is 0 Å². The van der Waals surface area contributed by atoms with Crippen molar-refractivity contribution in [2.24, 2.45) is 0 Å². The van der Waals surface area contributed by atoms with E-state index in [-0.39, 0.29) is 5.97 Å². The Morgan fingerprint density at radius 3 is 2.46 bits per heavy atom. The first-order valence-corrected chi connectivity index (χ1v) is 8.14. The number of esters is 1. The van der Waals surface area contributed by atoms with Gasteiger partial charge in [-0.2, -0.15) is 0 Å². The summed E-state index contributed by atoms with van der Waals surface area (Å²) >= 11 is 0. The Bertz CT molecular complexity index is 789. The molecule has 1 aliphatic heterocycles. The van der Waals surface area contributed by atoms with Crippen LogP contribution in [-0.2, 0) is 19.8 Å². The molecule has 2 aromatic carbocycles. The summed E-state index contributed by atoms with van der Waals surface area (Å²) in [5, 5.41) is 12.2. The number of ether oxygens (including phenoxy) is 1. The average molecular weight is 355 g/mol. The van der Waals surface area contributed by atoms with Crippen LogP contribution in [0, 0.1) is 6.92 Å². The van der Waals surface area contributed by atoms with Gasteiger partial charge in [-0.05, 0) is 56.1 Å². The first-order valence-electron chi connectivity index (χ1n) is 8.14. The summed E-state index contributed by atoms with van der Waals surface area (Å²) < 4.78 is 9.93. The fourth-order valence-electron chi connectivity index (χ4n) is 2.69. The Labute approximate surface area is 153 Å². The Hall–Kier alpha value is -2.64. The smallest absolute Gasteiger partial charge is 0.465 e. The number of rotatable bonds is 3. The van der Waals surface area contributed by atoms with E-state index in [1.165, 1.54) is 7.11 Å². The molecule has 26 heavy (non-hydrogen) atoms. The minimum Gasteiger partial charge on any atom is -0.465 e. The van der Waals surface area contributed by atoms with E-state index in [1.54, 1.807) is 24.3 Å². The molecule has 7 heteroatoms. The Morgan fingerprint density at radius 1 is 1.23 bits per heavy atom.